The molecule has 186 valence electrons. The van der Waals surface area contributed by atoms with Gasteiger partial charge in [0.15, 0.2) is 16.9 Å². The maximum atomic E-state index is 13.5. The summed E-state index contributed by atoms with van der Waals surface area (Å²) < 4.78 is 4.13. The van der Waals surface area contributed by atoms with Crippen molar-refractivity contribution in [3.63, 3.8) is 0 Å². The molecule has 0 radical (unpaired) electrons. The van der Waals surface area contributed by atoms with Gasteiger partial charge in [-0.2, -0.15) is 0 Å². The van der Waals surface area contributed by atoms with Gasteiger partial charge in [0.05, 0.1) is 12.9 Å². The van der Waals surface area contributed by atoms with Gasteiger partial charge in [-0.25, -0.2) is 14.3 Å². The first-order valence-electron chi connectivity index (χ1n) is 11.9. The molecule has 0 fully saturated rings. The molecule has 0 saturated carbocycles. The molecule has 0 aliphatic heterocycles. The number of benzene rings is 2. The summed E-state index contributed by atoms with van der Waals surface area (Å²) in [5, 5.41) is 2.68. The smallest absolute Gasteiger partial charge is 0.325 e. The average Bonchev–Trinajstić information content (AvgIpc) is 3.28. The number of hydrogen-bond acceptors (Lipinski definition) is 5. The summed E-state index contributed by atoms with van der Waals surface area (Å²) in [5.41, 5.74) is 1.14. The number of carbonyl (C=O) groups is 2. The second-order valence-corrected chi connectivity index (χ2v) is 9.22. The summed E-state index contributed by atoms with van der Waals surface area (Å²) in [6.45, 7) is 5.93. The lowest BCUT2D eigenvalue weighted by molar-refractivity contribution is -0.116. The fourth-order valence-electron chi connectivity index (χ4n) is 4.01. The van der Waals surface area contributed by atoms with E-state index in [2.05, 4.69) is 24.1 Å². The number of nitrogens with one attached hydrogen (secondary N) is 1. The van der Waals surface area contributed by atoms with Crippen LogP contribution in [-0.4, -0.2) is 30.4 Å². The van der Waals surface area contributed by atoms with Gasteiger partial charge in [-0.05, 0) is 37.0 Å². The number of aromatic nitrogens is 4. The lowest BCUT2D eigenvalue weighted by Crippen LogP contribution is -2.43. The molecule has 0 spiro atoms. The number of carbonyl (C=O) groups excluding carboxylic acids is 2. The third-order valence-corrected chi connectivity index (χ3v) is 5.97. The van der Waals surface area contributed by atoms with Gasteiger partial charge < -0.3 is 9.88 Å². The minimum absolute atomic E-state index is 0.133. The minimum atomic E-state index is -0.613. The number of nitrogens with zero attached hydrogens (tertiary/aromatic N) is 4. The Labute approximate surface area is 208 Å². The van der Waals surface area contributed by atoms with Crippen LogP contribution in [0.3, 0.4) is 0 Å². The SMILES string of the molecule is CC(=O)c1cccc(NC(=O)Cn2c(=O)c3c(ncn3CCC(C)C)n(Cc3ccccc3)c2=O)c1. The van der Waals surface area contributed by atoms with Crippen LogP contribution < -0.4 is 16.6 Å². The van der Waals surface area contributed by atoms with E-state index in [9.17, 15) is 19.2 Å². The largest absolute Gasteiger partial charge is 0.333 e. The monoisotopic (exact) mass is 487 g/mol. The van der Waals surface area contributed by atoms with Crippen molar-refractivity contribution in [3.8, 4) is 0 Å². The van der Waals surface area contributed by atoms with Gasteiger partial charge in [-0.1, -0.05) is 56.3 Å². The van der Waals surface area contributed by atoms with Gasteiger partial charge in [0.2, 0.25) is 5.91 Å². The van der Waals surface area contributed by atoms with Crippen molar-refractivity contribution < 1.29 is 9.59 Å². The van der Waals surface area contributed by atoms with Crippen molar-refractivity contribution in [1.29, 1.82) is 0 Å². The molecule has 9 heteroatoms. The Hall–Kier alpha value is -4.27. The van der Waals surface area contributed by atoms with Crippen molar-refractivity contribution in [2.24, 2.45) is 5.92 Å². The van der Waals surface area contributed by atoms with E-state index in [1.54, 1.807) is 35.2 Å². The van der Waals surface area contributed by atoms with E-state index in [0.717, 1.165) is 16.6 Å². The third kappa shape index (κ3) is 5.35. The van der Waals surface area contributed by atoms with Crippen molar-refractivity contribution >= 4 is 28.5 Å². The predicted molar refractivity (Wildman–Crippen MR) is 138 cm³/mol. The van der Waals surface area contributed by atoms with Crippen LogP contribution in [-0.2, 0) is 24.4 Å². The van der Waals surface area contributed by atoms with Gasteiger partial charge in [0.1, 0.15) is 6.54 Å². The summed E-state index contributed by atoms with van der Waals surface area (Å²) in [5.74, 6) is -0.267. The third-order valence-electron chi connectivity index (χ3n) is 5.97. The molecule has 36 heavy (non-hydrogen) atoms. The fraction of sp³-hybridized carbons (Fsp3) is 0.296. The van der Waals surface area contributed by atoms with E-state index in [1.165, 1.54) is 11.5 Å². The molecule has 0 aliphatic carbocycles. The molecule has 4 rings (SSSR count). The number of ketones is 1. The van der Waals surface area contributed by atoms with Gasteiger partial charge in [0.25, 0.3) is 5.56 Å². The predicted octanol–water partition coefficient (Wildman–Crippen LogP) is 3.30. The number of imidazole rings is 1. The second-order valence-electron chi connectivity index (χ2n) is 9.22. The van der Waals surface area contributed by atoms with E-state index >= 15 is 0 Å². The number of fused-ring (bicyclic) bond motifs is 1. The van der Waals surface area contributed by atoms with Crippen molar-refractivity contribution in [2.75, 3.05) is 5.32 Å². The standard InChI is InChI=1S/C27H29N5O4/c1-18(2)12-13-30-17-28-25-24(30)26(35)32(27(36)31(25)15-20-8-5-4-6-9-20)16-23(34)29-22-11-7-10-21(14-22)19(3)33/h4-11,14,17-18H,12-13,15-16H2,1-3H3,(H,29,34). The van der Waals surface area contributed by atoms with Crippen LogP contribution in [0, 0.1) is 5.92 Å². The molecule has 2 aromatic heterocycles. The normalized spacial score (nSPS) is 11.2. The Morgan fingerprint density at radius 2 is 1.75 bits per heavy atom. The lowest BCUT2D eigenvalue weighted by Gasteiger charge is -2.13. The maximum Gasteiger partial charge on any atom is 0.333 e. The quantitative estimate of drug-likeness (QED) is 0.365. The van der Waals surface area contributed by atoms with Crippen LogP contribution in [0.5, 0.6) is 0 Å². The number of rotatable bonds is 9. The first-order chi connectivity index (χ1) is 17.2. The van der Waals surface area contributed by atoms with Gasteiger partial charge in [0, 0.05) is 17.8 Å². The van der Waals surface area contributed by atoms with E-state index in [4.69, 9.17) is 0 Å². The maximum absolute atomic E-state index is 13.5. The molecule has 0 bridgehead atoms. The van der Waals surface area contributed by atoms with Crippen LogP contribution in [0.25, 0.3) is 11.2 Å². The number of amides is 1. The Kier molecular flexibility index (Phi) is 7.28. The van der Waals surface area contributed by atoms with Crippen molar-refractivity contribution in [3.05, 3.63) is 92.9 Å². The van der Waals surface area contributed by atoms with Gasteiger partial charge in [-0.3, -0.25) is 19.0 Å². The molecule has 1 amide bonds. The van der Waals surface area contributed by atoms with E-state index < -0.39 is 23.7 Å². The highest BCUT2D eigenvalue weighted by Gasteiger charge is 2.20. The van der Waals surface area contributed by atoms with E-state index in [1.807, 2.05) is 30.3 Å². The first-order valence-corrected chi connectivity index (χ1v) is 11.9. The molecule has 2 heterocycles. The number of hydrogen-bond donors (Lipinski definition) is 1. The minimum Gasteiger partial charge on any atom is -0.325 e. The Morgan fingerprint density at radius 1 is 1.00 bits per heavy atom. The highest BCUT2D eigenvalue weighted by molar-refractivity contribution is 5.97. The highest BCUT2D eigenvalue weighted by Crippen LogP contribution is 2.13. The molecular formula is C27H29N5O4. The van der Waals surface area contributed by atoms with Crippen LogP contribution >= 0.6 is 0 Å². The number of anilines is 1. The molecule has 0 aliphatic rings. The molecule has 0 unspecified atom stereocenters. The highest BCUT2D eigenvalue weighted by atomic mass is 16.2. The van der Waals surface area contributed by atoms with Crippen LogP contribution in [0.15, 0.2) is 70.5 Å². The summed E-state index contributed by atoms with van der Waals surface area (Å²) in [6, 6.07) is 15.9. The number of Topliss-reactive ketones (excluding diaryl/α,β-unsaturated/α-hetero) is 1. The van der Waals surface area contributed by atoms with Crippen LogP contribution in [0.4, 0.5) is 5.69 Å². The summed E-state index contributed by atoms with van der Waals surface area (Å²) >= 11 is 0. The molecule has 4 aromatic rings. The lowest BCUT2D eigenvalue weighted by atomic mass is 10.1. The molecule has 1 N–H and O–H groups in total. The molecule has 9 nitrogen and oxygen atoms in total. The number of aryl methyl sites for hydroxylation is 1. The molecule has 0 saturated heterocycles. The van der Waals surface area contributed by atoms with Crippen LogP contribution in [0.1, 0.15) is 43.1 Å². The van der Waals surface area contributed by atoms with Crippen molar-refractivity contribution in [2.45, 2.75) is 46.8 Å². The molecular weight excluding hydrogens is 458 g/mol. The fourth-order valence-corrected chi connectivity index (χ4v) is 4.01. The Bertz CT molecular complexity index is 1530. The summed E-state index contributed by atoms with van der Waals surface area (Å²) in [7, 11) is 0. The summed E-state index contributed by atoms with van der Waals surface area (Å²) in [4.78, 5) is 55.9. The Balaban J connectivity index is 1.75. The summed E-state index contributed by atoms with van der Waals surface area (Å²) in [6.07, 6.45) is 2.41. The average molecular weight is 488 g/mol. The Morgan fingerprint density at radius 3 is 2.44 bits per heavy atom. The zero-order valence-corrected chi connectivity index (χ0v) is 20.6. The molecule has 2 aromatic carbocycles. The van der Waals surface area contributed by atoms with E-state index in [-0.39, 0.29) is 17.8 Å². The molecule has 0 atom stereocenters. The zero-order chi connectivity index (χ0) is 25.8. The van der Waals surface area contributed by atoms with Gasteiger partial charge >= 0.3 is 5.69 Å². The van der Waals surface area contributed by atoms with E-state index in [0.29, 0.717) is 29.4 Å². The van der Waals surface area contributed by atoms with Crippen molar-refractivity contribution in [1.82, 2.24) is 18.7 Å². The van der Waals surface area contributed by atoms with Crippen LogP contribution in [0.2, 0.25) is 0 Å². The van der Waals surface area contributed by atoms with Gasteiger partial charge in [-0.15, -0.1) is 0 Å². The first kappa shape index (κ1) is 24.8. The topological polar surface area (TPSA) is 108 Å². The second kappa shape index (κ2) is 10.6. The zero-order valence-electron chi connectivity index (χ0n) is 20.6.